The average molecular weight is 463 g/mol. The number of para-hydroxylation sites is 1. The maximum absolute atomic E-state index is 12.3. The first-order valence-electron chi connectivity index (χ1n) is 8.96. The molecule has 4 rings (SSSR count). The summed E-state index contributed by atoms with van der Waals surface area (Å²) >= 11 is 3.22. The lowest BCUT2D eigenvalue weighted by Crippen LogP contribution is -2.17. The van der Waals surface area contributed by atoms with Crippen LogP contribution in [0.3, 0.4) is 0 Å². The number of hydrazone groups is 1. The second kappa shape index (κ2) is 8.34. The van der Waals surface area contributed by atoms with Gasteiger partial charge in [-0.25, -0.2) is 5.43 Å². The van der Waals surface area contributed by atoms with E-state index in [1.54, 1.807) is 60.7 Å². The third-order valence-electron chi connectivity index (χ3n) is 4.42. The number of nitrogens with zero attached hydrogens (tertiary/aromatic N) is 1. The third kappa shape index (κ3) is 4.16. The molecule has 0 saturated carbocycles. The molecule has 1 aromatic heterocycles. The number of phenols is 1. The number of carbonyl (C=O) groups excluding carboxylic acids is 1. The largest absolute Gasteiger partial charge is 0.507 e. The van der Waals surface area contributed by atoms with Gasteiger partial charge in [0.15, 0.2) is 5.43 Å². The van der Waals surface area contributed by atoms with E-state index in [1.807, 2.05) is 0 Å². The summed E-state index contributed by atoms with van der Waals surface area (Å²) in [5.41, 5.74) is 4.65. The van der Waals surface area contributed by atoms with Gasteiger partial charge in [0.1, 0.15) is 17.1 Å². The third-order valence-corrected chi connectivity index (χ3v) is 5.05. The van der Waals surface area contributed by atoms with Gasteiger partial charge < -0.3 is 9.52 Å². The Morgan fingerprint density at radius 3 is 2.57 bits per heavy atom. The summed E-state index contributed by atoms with van der Waals surface area (Å²) < 4.78 is 6.35. The summed E-state index contributed by atoms with van der Waals surface area (Å²) in [7, 11) is 0. The van der Waals surface area contributed by atoms with Gasteiger partial charge in [0, 0.05) is 17.2 Å². The number of hydrogen-bond acceptors (Lipinski definition) is 5. The predicted octanol–water partition coefficient (Wildman–Crippen LogP) is 4.69. The van der Waals surface area contributed by atoms with Crippen LogP contribution in [0, 0.1) is 0 Å². The summed E-state index contributed by atoms with van der Waals surface area (Å²) in [5.74, 6) is 0.177. The molecule has 0 bridgehead atoms. The van der Waals surface area contributed by atoms with Gasteiger partial charge in [0.05, 0.1) is 16.1 Å². The first-order chi connectivity index (χ1) is 14.5. The minimum atomic E-state index is -0.379. The molecule has 2 N–H and O–H groups in total. The molecule has 4 aromatic rings. The SMILES string of the molecule is O=C(N/N=C/c1ccc(O)c(Br)c1)c1ccc(-c2cc(=O)c3ccccc3o2)cc1. The lowest BCUT2D eigenvalue weighted by molar-refractivity contribution is 0.0955. The number of carbonyl (C=O) groups is 1. The summed E-state index contributed by atoms with van der Waals surface area (Å²) in [6, 6.07) is 20.1. The molecule has 0 aliphatic rings. The number of phenolic OH excluding ortho intramolecular Hbond substituents is 1. The number of hydrogen-bond donors (Lipinski definition) is 2. The maximum atomic E-state index is 12.3. The molecule has 7 heteroatoms. The maximum Gasteiger partial charge on any atom is 0.271 e. The summed E-state index contributed by atoms with van der Waals surface area (Å²) in [6.45, 7) is 0. The van der Waals surface area contributed by atoms with Crippen LogP contribution >= 0.6 is 15.9 Å². The summed E-state index contributed by atoms with van der Waals surface area (Å²) in [4.78, 5) is 24.6. The lowest BCUT2D eigenvalue weighted by Gasteiger charge is -2.05. The van der Waals surface area contributed by atoms with E-state index in [4.69, 9.17) is 4.42 Å². The van der Waals surface area contributed by atoms with Crippen molar-refractivity contribution in [1.29, 1.82) is 0 Å². The molecule has 0 fully saturated rings. The van der Waals surface area contributed by atoms with Crippen molar-refractivity contribution in [3.63, 3.8) is 0 Å². The van der Waals surface area contributed by atoms with Gasteiger partial charge >= 0.3 is 0 Å². The van der Waals surface area contributed by atoms with Crippen molar-refractivity contribution in [2.45, 2.75) is 0 Å². The van der Waals surface area contributed by atoms with Crippen molar-refractivity contribution in [1.82, 2.24) is 5.43 Å². The molecular weight excluding hydrogens is 448 g/mol. The van der Waals surface area contributed by atoms with Crippen LogP contribution in [0.25, 0.3) is 22.3 Å². The van der Waals surface area contributed by atoms with Gasteiger partial charge in [-0.2, -0.15) is 5.10 Å². The van der Waals surface area contributed by atoms with E-state index in [1.165, 1.54) is 18.3 Å². The average Bonchev–Trinajstić information content (AvgIpc) is 2.76. The number of aromatic hydroxyl groups is 1. The Morgan fingerprint density at radius 1 is 1.03 bits per heavy atom. The van der Waals surface area contributed by atoms with E-state index >= 15 is 0 Å². The Morgan fingerprint density at radius 2 is 1.80 bits per heavy atom. The van der Waals surface area contributed by atoms with Crippen LogP contribution in [-0.2, 0) is 0 Å². The molecule has 0 aliphatic carbocycles. The van der Waals surface area contributed by atoms with Crippen LogP contribution in [0.1, 0.15) is 15.9 Å². The fraction of sp³-hybridized carbons (Fsp3) is 0. The van der Waals surface area contributed by atoms with Crippen molar-refractivity contribution in [2.24, 2.45) is 5.10 Å². The molecular formula is C23H15BrN2O4. The number of halogens is 1. The minimum absolute atomic E-state index is 0.121. The number of fused-ring (bicyclic) bond motifs is 1. The van der Waals surface area contributed by atoms with Gasteiger partial charge in [0.2, 0.25) is 0 Å². The molecule has 148 valence electrons. The highest BCUT2D eigenvalue weighted by Crippen LogP contribution is 2.24. The molecule has 0 saturated heterocycles. The second-order valence-electron chi connectivity index (χ2n) is 6.46. The van der Waals surface area contributed by atoms with Gasteiger partial charge in [-0.1, -0.05) is 24.3 Å². The van der Waals surface area contributed by atoms with Crippen molar-refractivity contribution in [3.05, 3.63) is 98.6 Å². The van der Waals surface area contributed by atoms with Crippen LogP contribution < -0.4 is 10.9 Å². The van der Waals surface area contributed by atoms with Crippen molar-refractivity contribution >= 4 is 39.0 Å². The molecule has 0 atom stereocenters. The van der Waals surface area contributed by atoms with Crippen LogP contribution in [0.15, 0.2) is 91.6 Å². The van der Waals surface area contributed by atoms with Crippen LogP contribution in [0.5, 0.6) is 5.75 Å². The fourth-order valence-corrected chi connectivity index (χ4v) is 3.26. The normalized spacial score (nSPS) is 11.1. The zero-order valence-corrected chi connectivity index (χ0v) is 17.1. The molecule has 30 heavy (non-hydrogen) atoms. The van der Waals surface area contributed by atoms with E-state index in [0.717, 1.165) is 0 Å². The molecule has 1 amide bonds. The molecule has 6 nitrogen and oxygen atoms in total. The van der Waals surface area contributed by atoms with E-state index in [-0.39, 0.29) is 17.1 Å². The second-order valence-corrected chi connectivity index (χ2v) is 7.31. The van der Waals surface area contributed by atoms with Gasteiger partial charge in [0.25, 0.3) is 5.91 Å². The number of nitrogens with one attached hydrogen (secondary N) is 1. The van der Waals surface area contributed by atoms with Crippen molar-refractivity contribution < 1.29 is 14.3 Å². The Bertz CT molecular complexity index is 1330. The van der Waals surface area contributed by atoms with Gasteiger partial charge in [-0.3, -0.25) is 9.59 Å². The molecule has 0 aliphatic heterocycles. The summed E-state index contributed by atoms with van der Waals surface area (Å²) in [5, 5.41) is 13.9. The molecule has 3 aromatic carbocycles. The van der Waals surface area contributed by atoms with Crippen LogP contribution in [0.4, 0.5) is 0 Å². The topological polar surface area (TPSA) is 91.9 Å². The number of rotatable bonds is 4. The molecule has 1 heterocycles. The Hall–Kier alpha value is -3.71. The lowest BCUT2D eigenvalue weighted by atomic mass is 10.1. The van der Waals surface area contributed by atoms with E-state index in [2.05, 4.69) is 26.5 Å². The smallest absolute Gasteiger partial charge is 0.271 e. The Kier molecular flexibility index (Phi) is 5.45. The predicted molar refractivity (Wildman–Crippen MR) is 119 cm³/mol. The monoisotopic (exact) mass is 462 g/mol. The molecule has 0 spiro atoms. The Labute approximate surface area is 179 Å². The van der Waals surface area contributed by atoms with Crippen molar-refractivity contribution in [3.8, 4) is 17.1 Å². The highest BCUT2D eigenvalue weighted by molar-refractivity contribution is 9.10. The highest BCUT2D eigenvalue weighted by atomic mass is 79.9. The highest BCUT2D eigenvalue weighted by Gasteiger charge is 2.09. The van der Waals surface area contributed by atoms with E-state index in [9.17, 15) is 14.7 Å². The van der Waals surface area contributed by atoms with Crippen LogP contribution in [-0.4, -0.2) is 17.2 Å². The Balaban J connectivity index is 1.49. The van der Waals surface area contributed by atoms with Gasteiger partial charge in [-0.05, 0) is 64.0 Å². The van der Waals surface area contributed by atoms with Crippen LogP contribution in [0.2, 0.25) is 0 Å². The standard InChI is InChI=1S/C23H15BrN2O4/c24-18-11-14(5-10-19(18)27)13-25-26-23(29)16-8-6-15(7-9-16)22-12-20(28)17-3-1-2-4-21(17)30-22/h1-13,27H,(H,26,29)/b25-13+. The first-order valence-corrected chi connectivity index (χ1v) is 9.76. The number of amides is 1. The number of benzene rings is 3. The van der Waals surface area contributed by atoms with E-state index < -0.39 is 0 Å². The quantitative estimate of drug-likeness (QED) is 0.339. The van der Waals surface area contributed by atoms with Crippen molar-refractivity contribution in [2.75, 3.05) is 0 Å². The zero-order chi connectivity index (χ0) is 21.1. The van der Waals surface area contributed by atoms with Gasteiger partial charge in [-0.15, -0.1) is 0 Å². The van der Waals surface area contributed by atoms with E-state index in [0.29, 0.717) is 37.9 Å². The minimum Gasteiger partial charge on any atom is -0.507 e. The first kappa shape index (κ1) is 19.6. The summed E-state index contributed by atoms with van der Waals surface area (Å²) in [6.07, 6.45) is 1.47. The molecule has 0 radical (unpaired) electrons. The zero-order valence-electron chi connectivity index (χ0n) is 15.5. The molecule has 0 unspecified atom stereocenters. The fourth-order valence-electron chi connectivity index (χ4n) is 2.87.